The van der Waals surface area contributed by atoms with Crippen molar-refractivity contribution in [3.05, 3.63) is 71.3 Å². The van der Waals surface area contributed by atoms with Gasteiger partial charge in [0.2, 0.25) is 0 Å². The van der Waals surface area contributed by atoms with Crippen LogP contribution in [0.15, 0.2) is 54.6 Å². The number of nitrogens with zero attached hydrogens (tertiary/aromatic N) is 1. The van der Waals surface area contributed by atoms with Crippen LogP contribution in [0.5, 0.6) is 0 Å². The van der Waals surface area contributed by atoms with E-state index in [4.69, 9.17) is 4.74 Å². The number of hydrogen-bond acceptors (Lipinski definition) is 2. The molecule has 110 valence electrons. The molecule has 2 aromatic carbocycles. The molecule has 21 heavy (non-hydrogen) atoms. The zero-order chi connectivity index (χ0) is 14.7. The van der Waals surface area contributed by atoms with E-state index >= 15 is 0 Å². The fourth-order valence-electron chi connectivity index (χ4n) is 3.00. The lowest BCUT2D eigenvalue weighted by Gasteiger charge is -2.39. The van der Waals surface area contributed by atoms with Crippen LogP contribution in [0.25, 0.3) is 0 Å². The first kappa shape index (κ1) is 14.3. The Morgan fingerprint density at radius 1 is 1.05 bits per heavy atom. The molecule has 3 rings (SSSR count). The quantitative estimate of drug-likeness (QED) is 0.844. The van der Waals surface area contributed by atoms with Crippen molar-refractivity contribution in [2.45, 2.75) is 32.5 Å². The molecule has 0 N–H and O–H groups in total. The van der Waals surface area contributed by atoms with Crippen molar-refractivity contribution >= 4 is 0 Å². The first-order valence-electron chi connectivity index (χ1n) is 7.70. The van der Waals surface area contributed by atoms with Crippen LogP contribution in [-0.4, -0.2) is 24.1 Å². The molecule has 0 spiro atoms. The number of ether oxygens (including phenoxy) is 1. The summed E-state index contributed by atoms with van der Waals surface area (Å²) >= 11 is 0. The van der Waals surface area contributed by atoms with Crippen LogP contribution in [0, 0.1) is 6.92 Å². The van der Waals surface area contributed by atoms with Gasteiger partial charge in [-0.2, -0.15) is 0 Å². The molecule has 0 amide bonds. The maximum atomic E-state index is 6.04. The summed E-state index contributed by atoms with van der Waals surface area (Å²) in [5.74, 6) is 0. The summed E-state index contributed by atoms with van der Waals surface area (Å²) in [7, 11) is 0. The monoisotopic (exact) mass is 281 g/mol. The number of benzene rings is 2. The predicted octanol–water partition coefficient (Wildman–Crippen LogP) is 3.96. The fraction of sp³-hybridized carbons (Fsp3) is 0.368. The van der Waals surface area contributed by atoms with E-state index in [1.54, 1.807) is 0 Å². The Labute approximate surface area is 127 Å². The van der Waals surface area contributed by atoms with Gasteiger partial charge in [0, 0.05) is 19.1 Å². The van der Waals surface area contributed by atoms with Crippen molar-refractivity contribution in [2.24, 2.45) is 0 Å². The molecule has 2 nitrogen and oxygen atoms in total. The first-order chi connectivity index (χ1) is 10.2. The van der Waals surface area contributed by atoms with Crippen molar-refractivity contribution in [2.75, 3.05) is 13.2 Å². The van der Waals surface area contributed by atoms with Gasteiger partial charge in [0.15, 0.2) is 0 Å². The zero-order valence-corrected chi connectivity index (χ0v) is 12.8. The molecule has 1 heterocycles. The highest BCUT2D eigenvalue weighted by Gasteiger charge is 2.29. The van der Waals surface area contributed by atoms with Crippen molar-refractivity contribution in [1.29, 1.82) is 0 Å². The first-order valence-corrected chi connectivity index (χ1v) is 7.70. The van der Waals surface area contributed by atoms with Crippen LogP contribution < -0.4 is 0 Å². The number of hydrogen-bond donors (Lipinski definition) is 0. The van der Waals surface area contributed by atoms with Gasteiger partial charge >= 0.3 is 0 Å². The van der Waals surface area contributed by atoms with E-state index < -0.39 is 0 Å². The van der Waals surface area contributed by atoms with E-state index in [0.29, 0.717) is 6.04 Å². The van der Waals surface area contributed by atoms with E-state index in [9.17, 15) is 0 Å². The fourth-order valence-corrected chi connectivity index (χ4v) is 3.00. The van der Waals surface area contributed by atoms with Crippen LogP contribution in [0.4, 0.5) is 0 Å². The van der Waals surface area contributed by atoms with E-state index in [1.165, 1.54) is 16.7 Å². The number of rotatable bonds is 3. The lowest BCUT2D eigenvalue weighted by Crippen LogP contribution is -2.44. The lowest BCUT2D eigenvalue weighted by molar-refractivity contribution is -0.0702. The van der Waals surface area contributed by atoms with Crippen LogP contribution >= 0.6 is 0 Å². The van der Waals surface area contributed by atoms with Gasteiger partial charge in [-0.1, -0.05) is 60.2 Å². The predicted molar refractivity (Wildman–Crippen MR) is 86.2 cm³/mol. The molecule has 1 saturated heterocycles. The molecule has 1 aliphatic rings. The van der Waals surface area contributed by atoms with E-state index in [2.05, 4.69) is 73.3 Å². The van der Waals surface area contributed by atoms with Crippen LogP contribution in [0.3, 0.4) is 0 Å². The molecular weight excluding hydrogens is 258 g/mol. The van der Waals surface area contributed by atoms with E-state index in [0.717, 1.165) is 19.7 Å². The standard InChI is InChI=1S/C19H23NO/c1-15-8-10-18(11-9-15)19-16(2)20(12-13-21-19)14-17-6-4-3-5-7-17/h3-11,16,19H,12-14H2,1-2H3. The van der Waals surface area contributed by atoms with Gasteiger partial charge in [-0.3, -0.25) is 4.90 Å². The number of morpholine rings is 1. The SMILES string of the molecule is Cc1ccc(C2OCCN(Cc3ccccc3)C2C)cc1. The molecule has 2 atom stereocenters. The Kier molecular flexibility index (Phi) is 4.37. The van der Waals surface area contributed by atoms with Gasteiger partial charge in [-0.25, -0.2) is 0 Å². The highest BCUT2D eigenvalue weighted by atomic mass is 16.5. The summed E-state index contributed by atoms with van der Waals surface area (Å²) in [5, 5.41) is 0. The minimum absolute atomic E-state index is 0.170. The second-order valence-electron chi connectivity index (χ2n) is 5.90. The normalized spacial score (nSPS) is 23.1. The van der Waals surface area contributed by atoms with E-state index in [1.807, 2.05) is 0 Å². The molecule has 2 unspecified atom stereocenters. The Bertz CT molecular complexity index is 564. The summed E-state index contributed by atoms with van der Waals surface area (Å²) in [6.45, 7) is 7.19. The van der Waals surface area contributed by atoms with Gasteiger partial charge in [0.25, 0.3) is 0 Å². The van der Waals surface area contributed by atoms with Crippen molar-refractivity contribution < 1.29 is 4.74 Å². The maximum absolute atomic E-state index is 6.04. The van der Waals surface area contributed by atoms with Crippen LogP contribution in [0.1, 0.15) is 29.7 Å². The third-order valence-electron chi connectivity index (χ3n) is 4.32. The smallest absolute Gasteiger partial charge is 0.0978 e. The van der Waals surface area contributed by atoms with Gasteiger partial charge < -0.3 is 4.74 Å². The maximum Gasteiger partial charge on any atom is 0.0978 e. The second kappa shape index (κ2) is 6.42. The topological polar surface area (TPSA) is 12.5 Å². The highest BCUT2D eigenvalue weighted by molar-refractivity contribution is 5.25. The summed E-state index contributed by atoms with van der Waals surface area (Å²) in [5.41, 5.74) is 3.95. The van der Waals surface area contributed by atoms with Gasteiger partial charge in [0.05, 0.1) is 12.7 Å². The number of aryl methyl sites for hydroxylation is 1. The third kappa shape index (κ3) is 3.34. The summed E-state index contributed by atoms with van der Waals surface area (Å²) in [6, 6.07) is 19.8. The zero-order valence-electron chi connectivity index (χ0n) is 12.8. The summed E-state index contributed by atoms with van der Waals surface area (Å²) < 4.78 is 6.04. The van der Waals surface area contributed by atoms with Crippen molar-refractivity contribution in [3.63, 3.8) is 0 Å². The highest BCUT2D eigenvalue weighted by Crippen LogP contribution is 2.29. The van der Waals surface area contributed by atoms with Gasteiger partial charge in [-0.05, 0) is 25.0 Å². The molecule has 0 aliphatic carbocycles. The minimum Gasteiger partial charge on any atom is -0.371 e. The Morgan fingerprint density at radius 3 is 2.48 bits per heavy atom. The van der Waals surface area contributed by atoms with Crippen molar-refractivity contribution in [1.82, 2.24) is 4.90 Å². The second-order valence-corrected chi connectivity index (χ2v) is 5.90. The Balaban J connectivity index is 1.74. The molecular formula is C19H23NO. The molecule has 0 aromatic heterocycles. The van der Waals surface area contributed by atoms with E-state index in [-0.39, 0.29) is 6.10 Å². The van der Waals surface area contributed by atoms with Crippen LogP contribution in [0.2, 0.25) is 0 Å². The minimum atomic E-state index is 0.170. The summed E-state index contributed by atoms with van der Waals surface area (Å²) in [6.07, 6.45) is 0.170. The molecule has 2 heteroatoms. The van der Waals surface area contributed by atoms with Gasteiger partial charge in [-0.15, -0.1) is 0 Å². The largest absolute Gasteiger partial charge is 0.371 e. The average Bonchev–Trinajstić information content (AvgIpc) is 2.52. The molecule has 0 radical (unpaired) electrons. The summed E-state index contributed by atoms with van der Waals surface area (Å²) in [4.78, 5) is 2.52. The van der Waals surface area contributed by atoms with Crippen LogP contribution in [-0.2, 0) is 11.3 Å². The third-order valence-corrected chi connectivity index (χ3v) is 4.32. The van der Waals surface area contributed by atoms with Gasteiger partial charge in [0.1, 0.15) is 0 Å². The Hall–Kier alpha value is -1.64. The molecule has 2 aromatic rings. The molecule has 0 saturated carbocycles. The molecule has 1 fully saturated rings. The van der Waals surface area contributed by atoms with Crippen molar-refractivity contribution in [3.8, 4) is 0 Å². The average molecular weight is 281 g/mol. The molecule has 1 aliphatic heterocycles. The Morgan fingerprint density at radius 2 is 1.76 bits per heavy atom. The lowest BCUT2D eigenvalue weighted by atomic mass is 9.99. The molecule has 0 bridgehead atoms.